The van der Waals surface area contributed by atoms with Crippen LogP contribution in [0.4, 0.5) is 5.69 Å². The van der Waals surface area contributed by atoms with Crippen LogP contribution in [-0.2, 0) is 19.4 Å². The van der Waals surface area contributed by atoms with Crippen LogP contribution in [0.25, 0.3) is 0 Å². The van der Waals surface area contributed by atoms with Crippen LogP contribution < -0.4 is 10.1 Å². The number of ether oxygens (including phenoxy) is 1. The van der Waals surface area contributed by atoms with Crippen molar-refractivity contribution in [3.63, 3.8) is 0 Å². The van der Waals surface area contributed by atoms with Gasteiger partial charge in [-0.15, -0.1) is 0 Å². The molecule has 0 saturated carbocycles. The number of nitrogens with one attached hydrogen (secondary N) is 1. The molecular weight excluding hydrogens is 392 g/mol. The first-order valence-electron chi connectivity index (χ1n) is 11.0. The molecule has 1 aliphatic rings. The van der Waals surface area contributed by atoms with Gasteiger partial charge >= 0.3 is 0 Å². The van der Waals surface area contributed by atoms with Gasteiger partial charge in [0.25, 0.3) is 5.91 Å². The minimum atomic E-state index is -0.228. The van der Waals surface area contributed by atoms with E-state index >= 15 is 0 Å². The molecule has 1 aliphatic carbocycles. The van der Waals surface area contributed by atoms with Gasteiger partial charge in [0.05, 0.1) is 30.2 Å². The Morgan fingerprint density at radius 1 is 1.26 bits per heavy atom. The van der Waals surface area contributed by atoms with Gasteiger partial charge in [-0.25, -0.2) is 0 Å². The molecule has 3 aromatic rings. The summed E-state index contributed by atoms with van der Waals surface area (Å²) in [5, 5.41) is 11.8. The average Bonchev–Trinajstić information content (AvgIpc) is 3.31. The van der Waals surface area contributed by atoms with Gasteiger partial charge in [-0.05, 0) is 57.2 Å². The first kappa shape index (κ1) is 21.2. The fourth-order valence-corrected chi connectivity index (χ4v) is 4.24. The summed E-state index contributed by atoms with van der Waals surface area (Å²) in [6.07, 6.45) is 3.90. The fraction of sp³-hybridized carbons (Fsp3) is 0.458. The average molecular weight is 423 g/mol. The smallest absolute Gasteiger partial charge is 0.278 e. The van der Waals surface area contributed by atoms with E-state index < -0.39 is 0 Å². The molecule has 1 amide bonds. The second kappa shape index (κ2) is 8.96. The number of rotatable bonds is 7. The van der Waals surface area contributed by atoms with E-state index in [1.165, 1.54) is 0 Å². The Balaban J connectivity index is 1.50. The summed E-state index contributed by atoms with van der Waals surface area (Å²) in [6, 6.07) is 7.99. The second-order valence-corrected chi connectivity index (χ2v) is 8.18. The highest BCUT2D eigenvalue weighted by atomic mass is 16.5. The lowest BCUT2D eigenvalue weighted by Gasteiger charge is -2.19. The van der Waals surface area contributed by atoms with Crippen LogP contribution >= 0.6 is 0 Å². The molecule has 31 heavy (non-hydrogen) atoms. The summed E-state index contributed by atoms with van der Waals surface area (Å²) < 4.78 is 12.9. The zero-order valence-electron chi connectivity index (χ0n) is 18.7. The maximum Gasteiger partial charge on any atom is 0.278 e. The number of hydrogen-bond donors (Lipinski definition) is 1. The second-order valence-electron chi connectivity index (χ2n) is 8.18. The number of aryl methyl sites for hydroxylation is 2. The highest BCUT2D eigenvalue weighted by molar-refractivity contribution is 6.04. The van der Waals surface area contributed by atoms with Crippen molar-refractivity contribution in [3.05, 3.63) is 58.2 Å². The molecule has 0 fully saturated rings. The number of anilines is 1. The molecular formula is C24H30N4O3. The molecule has 0 bridgehead atoms. The molecule has 2 heterocycles. The van der Waals surface area contributed by atoms with Crippen molar-refractivity contribution < 1.29 is 14.1 Å². The van der Waals surface area contributed by atoms with Crippen LogP contribution in [0.2, 0.25) is 0 Å². The Bertz CT molecular complexity index is 1070. The maximum absolute atomic E-state index is 13.0. The van der Waals surface area contributed by atoms with Gasteiger partial charge in [0.2, 0.25) is 0 Å². The Labute approximate surface area is 182 Å². The maximum atomic E-state index is 13.0. The molecule has 164 valence electrons. The Kier molecular flexibility index (Phi) is 6.11. The van der Waals surface area contributed by atoms with Gasteiger partial charge < -0.3 is 14.6 Å². The van der Waals surface area contributed by atoms with Crippen LogP contribution in [0, 0.1) is 19.8 Å². The molecule has 7 nitrogen and oxygen atoms in total. The lowest BCUT2D eigenvalue weighted by atomic mass is 9.85. The predicted octanol–water partition coefficient (Wildman–Crippen LogP) is 4.70. The molecule has 1 aromatic carbocycles. The van der Waals surface area contributed by atoms with Gasteiger partial charge in [-0.3, -0.25) is 9.48 Å². The molecule has 4 rings (SSSR count). The molecule has 7 heteroatoms. The first-order valence-corrected chi connectivity index (χ1v) is 11.0. The third kappa shape index (κ3) is 4.36. The van der Waals surface area contributed by atoms with Crippen LogP contribution in [-0.4, -0.2) is 27.5 Å². The van der Waals surface area contributed by atoms with Crippen molar-refractivity contribution in [3.8, 4) is 5.75 Å². The summed E-state index contributed by atoms with van der Waals surface area (Å²) in [5.41, 5.74) is 4.90. The summed E-state index contributed by atoms with van der Waals surface area (Å²) in [5.74, 6) is 2.07. The topological polar surface area (TPSA) is 82.2 Å². The monoisotopic (exact) mass is 422 g/mol. The van der Waals surface area contributed by atoms with E-state index in [1.54, 1.807) is 0 Å². The molecule has 0 aliphatic heterocycles. The zero-order valence-corrected chi connectivity index (χ0v) is 18.7. The SMILES string of the molecule is CCOc1ccc(Cn2nc(C)c(NC(=O)c3noc4c3CC(CC)CC4)c2C)cc1. The normalized spacial score (nSPS) is 15.5. The van der Waals surface area contributed by atoms with E-state index in [1.807, 2.05) is 49.7 Å². The number of amides is 1. The van der Waals surface area contributed by atoms with Crippen LogP contribution in [0.15, 0.2) is 28.8 Å². The number of fused-ring (bicyclic) bond motifs is 1. The van der Waals surface area contributed by atoms with Gasteiger partial charge in [0, 0.05) is 12.0 Å². The zero-order chi connectivity index (χ0) is 22.0. The van der Waals surface area contributed by atoms with E-state index in [4.69, 9.17) is 9.26 Å². The molecule has 0 saturated heterocycles. The minimum Gasteiger partial charge on any atom is -0.494 e. The summed E-state index contributed by atoms with van der Waals surface area (Å²) in [6.45, 7) is 9.30. The van der Waals surface area contributed by atoms with Crippen LogP contribution in [0.5, 0.6) is 5.75 Å². The largest absolute Gasteiger partial charge is 0.494 e. The van der Waals surface area contributed by atoms with E-state index in [2.05, 4.69) is 22.5 Å². The van der Waals surface area contributed by atoms with E-state index in [-0.39, 0.29) is 5.91 Å². The third-order valence-electron chi connectivity index (χ3n) is 6.12. The van der Waals surface area contributed by atoms with Crippen molar-refractivity contribution in [1.29, 1.82) is 0 Å². The van der Waals surface area contributed by atoms with Crippen molar-refractivity contribution in [2.45, 2.75) is 59.9 Å². The van der Waals surface area contributed by atoms with Gasteiger partial charge in [0.15, 0.2) is 5.69 Å². The summed E-state index contributed by atoms with van der Waals surface area (Å²) in [4.78, 5) is 13.0. The van der Waals surface area contributed by atoms with Gasteiger partial charge in [-0.1, -0.05) is 30.6 Å². The molecule has 2 aromatic heterocycles. The van der Waals surface area contributed by atoms with Gasteiger partial charge in [-0.2, -0.15) is 5.10 Å². The molecule has 1 N–H and O–H groups in total. The Hall–Kier alpha value is -3.09. The summed E-state index contributed by atoms with van der Waals surface area (Å²) in [7, 11) is 0. The number of aromatic nitrogens is 3. The molecule has 1 atom stereocenters. The number of nitrogens with zero attached hydrogens (tertiary/aromatic N) is 3. The first-order chi connectivity index (χ1) is 15.0. The van der Waals surface area contributed by atoms with Crippen LogP contribution in [0.1, 0.15) is 65.5 Å². The lowest BCUT2D eigenvalue weighted by Crippen LogP contribution is -2.19. The minimum absolute atomic E-state index is 0.228. The number of benzene rings is 1. The van der Waals surface area contributed by atoms with Gasteiger partial charge in [0.1, 0.15) is 11.5 Å². The fourth-order valence-electron chi connectivity index (χ4n) is 4.24. The molecule has 0 radical (unpaired) electrons. The third-order valence-corrected chi connectivity index (χ3v) is 6.12. The highest BCUT2D eigenvalue weighted by Crippen LogP contribution is 2.30. The van der Waals surface area contributed by atoms with E-state index in [0.29, 0.717) is 24.8 Å². The standard InChI is InChI=1S/C24H30N4O3/c1-5-17-9-12-21-20(13-17)23(27-31-21)24(29)25-22-15(3)26-28(16(22)4)14-18-7-10-19(11-8-18)30-6-2/h7-8,10-11,17H,5-6,9,12-14H2,1-4H3,(H,25,29). The van der Waals surface area contributed by atoms with Crippen molar-refractivity contribution in [1.82, 2.24) is 14.9 Å². The number of carbonyl (C=O) groups is 1. The molecule has 1 unspecified atom stereocenters. The number of carbonyl (C=O) groups excluding carboxylic acids is 1. The molecule has 0 spiro atoms. The number of hydrogen-bond acceptors (Lipinski definition) is 5. The van der Waals surface area contributed by atoms with Crippen LogP contribution in [0.3, 0.4) is 0 Å². The lowest BCUT2D eigenvalue weighted by molar-refractivity contribution is 0.101. The summed E-state index contributed by atoms with van der Waals surface area (Å²) >= 11 is 0. The van der Waals surface area contributed by atoms with Crippen molar-refractivity contribution in [2.75, 3.05) is 11.9 Å². The van der Waals surface area contributed by atoms with E-state index in [0.717, 1.165) is 65.4 Å². The predicted molar refractivity (Wildman–Crippen MR) is 119 cm³/mol. The van der Waals surface area contributed by atoms with E-state index in [9.17, 15) is 4.79 Å². The quantitative estimate of drug-likeness (QED) is 0.597. The van der Waals surface area contributed by atoms with Crippen molar-refractivity contribution in [2.24, 2.45) is 5.92 Å². The highest BCUT2D eigenvalue weighted by Gasteiger charge is 2.28. The Morgan fingerprint density at radius 2 is 2.03 bits per heavy atom. The Morgan fingerprint density at radius 3 is 2.74 bits per heavy atom. The van der Waals surface area contributed by atoms with Crippen molar-refractivity contribution >= 4 is 11.6 Å².